The lowest BCUT2D eigenvalue weighted by molar-refractivity contribution is 0.0131. The summed E-state index contributed by atoms with van der Waals surface area (Å²) in [5, 5.41) is 5.48. The smallest absolute Gasteiger partial charge is 0.410 e. The van der Waals surface area contributed by atoms with E-state index in [0.717, 1.165) is 30.7 Å². The van der Waals surface area contributed by atoms with Gasteiger partial charge < -0.3 is 14.4 Å². The van der Waals surface area contributed by atoms with E-state index in [9.17, 15) is 4.79 Å². The molecule has 2 heterocycles. The molecule has 0 spiro atoms. The number of carbonyl (C=O) groups is 1. The molecule has 0 bridgehead atoms. The van der Waals surface area contributed by atoms with Gasteiger partial charge in [-0.25, -0.2) is 9.78 Å². The van der Waals surface area contributed by atoms with E-state index in [0.29, 0.717) is 18.4 Å². The molecule has 1 aliphatic heterocycles. The van der Waals surface area contributed by atoms with E-state index in [4.69, 9.17) is 14.6 Å². The van der Waals surface area contributed by atoms with Gasteiger partial charge in [-0.15, -0.1) is 0 Å². The fourth-order valence-corrected chi connectivity index (χ4v) is 3.55. The van der Waals surface area contributed by atoms with Crippen LogP contribution in [0.5, 0.6) is 5.88 Å². The number of ether oxygens (including phenoxy) is 2. The normalized spacial score (nSPS) is 19.5. The lowest BCUT2D eigenvalue weighted by Gasteiger charge is -2.33. The van der Waals surface area contributed by atoms with Crippen LogP contribution in [0, 0.1) is 5.92 Å². The van der Waals surface area contributed by atoms with Crippen LogP contribution in [-0.2, 0) is 4.74 Å². The fraction of sp³-hybridized carbons (Fsp3) is 0.684. The third kappa shape index (κ3) is 6.06. The number of nitrogens with zero attached hydrogens (tertiary/aromatic N) is 2. The SMILES string of the molecule is CC(C)(C)OC(=O)N1CC(CCCOc2ccc(SN)cn2)CC1(C)C. The Hall–Kier alpha value is -1.47. The number of hydrogen-bond donors (Lipinski definition) is 1. The van der Waals surface area contributed by atoms with Gasteiger partial charge >= 0.3 is 6.09 Å². The van der Waals surface area contributed by atoms with E-state index >= 15 is 0 Å². The van der Waals surface area contributed by atoms with Gasteiger partial charge in [-0.2, -0.15) is 0 Å². The molecule has 1 unspecified atom stereocenters. The summed E-state index contributed by atoms with van der Waals surface area (Å²) < 4.78 is 11.2. The molecule has 6 nitrogen and oxygen atoms in total. The third-order valence-corrected chi connectivity index (χ3v) is 4.94. The average Bonchev–Trinajstić information content (AvgIpc) is 2.85. The molecule has 1 atom stereocenters. The summed E-state index contributed by atoms with van der Waals surface area (Å²) in [6.45, 7) is 11.3. The van der Waals surface area contributed by atoms with Crippen molar-refractivity contribution >= 4 is 18.0 Å². The summed E-state index contributed by atoms with van der Waals surface area (Å²) >= 11 is 1.17. The molecule has 2 rings (SSSR count). The van der Waals surface area contributed by atoms with Crippen LogP contribution in [0.25, 0.3) is 0 Å². The molecule has 1 amide bonds. The van der Waals surface area contributed by atoms with Crippen LogP contribution in [0.1, 0.15) is 53.9 Å². The first-order chi connectivity index (χ1) is 12.1. The van der Waals surface area contributed by atoms with Crippen molar-refractivity contribution < 1.29 is 14.3 Å². The number of pyridine rings is 1. The first-order valence-corrected chi connectivity index (χ1v) is 9.95. The summed E-state index contributed by atoms with van der Waals surface area (Å²) in [5.74, 6) is 1.08. The zero-order valence-electron chi connectivity index (χ0n) is 16.4. The van der Waals surface area contributed by atoms with E-state index < -0.39 is 5.60 Å². The van der Waals surface area contributed by atoms with Crippen molar-refractivity contribution in [2.24, 2.45) is 11.1 Å². The second-order valence-corrected chi connectivity index (χ2v) is 9.12. The predicted octanol–water partition coefficient (Wildman–Crippen LogP) is 4.24. The number of hydrogen-bond acceptors (Lipinski definition) is 6. The average molecular weight is 382 g/mol. The van der Waals surface area contributed by atoms with Gasteiger partial charge in [-0.1, -0.05) is 0 Å². The minimum Gasteiger partial charge on any atom is -0.478 e. The van der Waals surface area contributed by atoms with E-state index in [1.165, 1.54) is 11.9 Å². The highest BCUT2D eigenvalue weighted by Gasteiger charge is 2.42. The Bertz CT molecular complexity index is 599. The first-order valence-electron chi connectivity index (χ1n) is 9.07. The van der Waals surface area contributed by atoms with Gasteiger partial charge in [0.25, 0.3) is 0 Å². The predicted molar refractivity (Wildman–Crippen MR) is 104 cm³/mol. The molecule has 0 saturated carbocycles. The molecule has 1 aliphatic rings. The Morgan fingerprint density at radius 2 is 2.15 bits per heavy atom. The van der Waals surface area contributed by atoms with Crippen molar-refractivity contribution in [3.05, 3.63) is 18.3 Å². The summed E-state index contributed by atoms with van der Waals surface area (Å²) in [5.41, 5.74) is -0.644. The van der Waals surface area contributed by atoms with E-state index in [1.807, 2.05) is 37.8 Å². The molecule has 1 aromatic heterocycles. The van der Waals surface area contributed by atoms with Crippen molar-refractivity contribution in [1.82, 2.24) is 9.88 Å². The van der Waals surface area contributed by atoms with Gasteiger partial charge in [-0.3, -0.25) is 5.14 Å². The Morgan fingerprint density at radius 1 is 1.42 bits per heavy atom. The summed E-state index contributed by atoms with van der Waals surface area (Å²) in [6.07, 6.45) is 4.41. The van der Waals surface area contributed by atoms with Crippen LogP contribution in [0.15, 0.2) is 23.2 Å². The van der Waals surface area contributed by atoms with Gasteiger partial charge in [0.1, 0.15) is 5.60 Å². The molecule has 7 heteroatoms. The minimum atomic E-state index is -0.468. The second-order valence-electron chi connectivity index (χ2n) is 8.41. The highest BCUT2D eigenvalue weighted by atomic mass is 32.2. The molecular weight excluding hydrogens is 350 g/mol. The second kappa shape index (κ2) is 8.48. The number of likely N-dealkylation sites (tertiary alicyclic amines) is 1. The Morgan fingerprint density at radius 3 is 2.73 bits per heavy atom. The topological polar surface area (TPSA) is 77.7 Å². The summed E-state index contributed by atoms with van der Waals surface area (Å²) in [6, 6.07) is 3.73. The van der Waals surface area contributed by atoms with E-state index in [1.54, 1.807) is 6.20 Å². The molecule has 146 valence electrons. The fourth-order valence-electron chi connectivity index (χ4n) is 3.29. The van der Waals surface area contributed by atoms with Gasteiger partial charge in [0.2, 0.25) is 5.88 Å². The van der Waals surface area contributed by atoms with Crippen LogP contribution in [-0.4, -0.2) is 40.3 Å². The number of carbonyl (C=O) groups excluding carboxylic acids is 1. The number of nitrogens with two attached hydrogens (primary N) is 1. The molecule has 1 saturated heterocycles. The third-order valence-electron chi connectivity index (χ3n) is 4.43. The molecule has 1 fully saturated rings. The number of aromatic nitrogens is 1. The van der Waals surface area contributed by atoms with Crippen LogP contribution < -0.4 is 9.88 Å². The molecule has 0 radical (unpaired) electrons. The molecular formula is C19H31N3O3S. The number of amides is 1. The van der Waals surface area contributed by atoms with Gasteiger partial charge in [-0.05, 0) is 77.8 Å². The van der Waals surface area contributed by atoms with Crippen molar-refractivity contribution in [2.45, 2.75) is 69.9 Å². The monoisotopic (exact) mass is 381 g/mol. The van der Waals surface area contributed by atoms with Gasteiger partial charge in [0.15, 0.2) is 0 Å². The van der Waals surface area contributed by atoms with Gasteiger partial charge in [0.05, 0.1) is 6.61 Å². The maximum atomic E-state index is 12.4. The van der Waals surface area contributed by atoms with Crippen molar-refractivity contribution in [2.75, 3.05) is 13.2 Å². The molecule has 0 aromatic carbocycles. The Kier molecular flexibility index (Phi) is 6.80. The largest absolute Gasteiger partial charge is 0.478 e. The lowest BCUT2D eigenvalue weighted by Crippen LogP contribution is -2.45. The molecule has 1 aromatic rings. The highest BCUT2D eigenvalue weighted by Crippen LogP contribution is 2.36. The summed E-state index contributed by atoms with van der Waals surface area (Å²) in [7, 11) is 0. The highest BCUT2D eigenvalue weighted by molar-refractivity contribution is 7.97. The zero-order valence-corrected chi connectivity index (χ0v) is 17.3. The Balaban J connectivity index is 1.77. The maximum absolute atomic E-state index is 12.4. The first kappa shape index (κ1) is 20.8. The molecule has 26 heavy (non-hydrogen) atoms. The molecule has 2 N–H and O–H groups in total. The summed E-state index contributed by atoms with van der Waals surface area (Å²) in [4.78, 5) is 19.4. The standard InChI is InChI=1S/C19H31N3O3S/c1-18(2,3)25-17(23)22-13-14(11-19(22,4)5)7-6-10-24-16-9-8-15(26-20)12-21-16/h8-9,12,14H,6-7,10-11,13,20H2,1-5H3. The number of rotatable bonds is 6. The lowest BCUT2D eigenvalue weighted by atomic mass is 9.93. The van der Waals surface area contributed by atoms with Gasteiger partial charge in [0, 0.05) is 29.2 Å². The minimum absolute atomic E-state index is 0.175. The van der Waals surface area contributed by atoms with Crippen LogP contribution in [0.3, 0.4) is 0 Å². The van der Waals surface area contributed by atoms with Crippen LogP contribution >= 0.6 is 11.9 Å². The van der Waals surface area contributed by atoms with Crippen molar-refractivity contribution in [1.29, 1.82) is 0 Å². The van der Waals surface area contributed by atoms with Crippen molar-refractivity contribution in [3.63, 3.8) is 0 Å². The van der Waals surface area contributed by atoms with Crippen molar-refractivity contribution in [3.8, 4) is 5.88 Å². The molecule has 0 aliphatic carbocycles. The van der Waals surface area contributed by atoms with E-state index in [-0.39, 0.29) is 11.6 Å². The van der Waals surface area contributed by atoms with E-state index in [2.05, 4.69) is 18.8 Å². The van der Waals surface area contributed by atoms with Crippen LogP contribution in [0.2, 0.25) is 0 Å². The zero-order chi connectivity index (χ0) is 19.4. The maximum Gasteiger partial charge on any atom is 0.410 e. The quantitative estimate of drug-likeness (QED) is 0.586. The van der Waals surface area contributed by atoms with Crippen LogP contribution in [0.4, 0.5) is 4.79 Å². The Labute approximate surface area is 161 Å².